The van der Waals surface area contributed by atoms with Gasteiger partial charge in [-0.25, -0.2) is 4.39 Å². The van der Waals surface area contributed by atoms with Crippen LogP contribution < -0.4 is 10.6 Å². The first-order chi connectivity index (χ1) is 13.2. The number of hydrogen-bond donors (Lipinski definition) is 2. The zero-order chi connectivity index (χ0) is 18.6. The van der Waals surface area contributed by atoms with Crippen LogP contribution in [0.1, 0.15) is 48.5 Å². The summed E-state index contributed by atoms with van der Waals surface area (Å²) in [7, 11) is 0. The van der Waals surface area contributed by atoms with E-state index in [0.717, 1.165) is 43.4 Å². The van der Waals surface area contributed by atoms with Crippen molar-refractivity contribution in [3.05, 3.63) is 65.0 Å². The highest BCUT2D eigenvalue weighted by Crippen LogP contribution is 2.30. The van der Waals surface area contributed by atoms with Crippen molar-refractivity contribution in [1.29, 1.82) is 0 Å². The summed E-state index contributed by atoms with van der Waals surface area (Å²) in [5.41, 5.74) is 2.68. The van der Waals surface area contributed by atoms with Crippen LogP contribution in [-0.2, 0) is 22.5 Å². The van der Waals surface area contributed by atoms with Crippen LogP contribution >= 0.6 is 0 Å². The molecule has 2 aliphatic rings. The molecule has 0 saturated heterocycles. The Balaban J connectivity index is 1.56. The zero-order valence-corrected chi connectivity index (χ0v) is 15.3. The lowest BCUT2D eigenvalue weighted by Gasteiger charge is -2.23. The molecule has 4 rings (SSSR count). The predicted molar refractivity (Wildman–Crippen MR) is 103 cm³/mol. The Morgan fingerprint density at radius 2 is 1.93 bits per heavy atom. The van der Waals surface area contributed by atoms with E-state index in [9.17, 15) is 9.18 Å². The molecule has 0 spiro atoms. The molecule has 0 radical (unpaired) electrons. The highest BCUT2D eigenvalue weighted by Gasteiger charge is 2.28. The van der Waals surface area contributed by atoms with Gasteiger partial charge in [-0.15, -0.1) is 0 Å². The van der Waals surface area contributed by atoms with Gasteiger partial charge in [0.05, 0.1) is 11.8 Å². The minimum atomic E-state index is -0.730. The van der Waals surface area contributed by atoms with E-state index in [1.54, 1.807) is 6.07 Å². The molecule has 1 saturated carbocycles. The summed E-state index contributed by atoms with van der Waals surface area (Å²) in [6, 6.07) is 13.0. The number of carbonyl (C=O) groups excluding carboxylic acids is 1. The fraction of sp³-hybridized carbons (Fsp3) is 0.409. The molecule has 4 nitrogen and oxygen atoms in total. The second-order valence-electron chi connectivity index (χ2n) is 7.31. The normalized spacial score (nSPS) is 18.1. The molecule has 1 heterocycles. The molecule has 1 unspecified atom stereocenters. The number of fused-ring (bicyclic) bond motifs is 1. The summed E-state index contributed by atoms with van der Waals surface area (Å²) in [5, 5.41) is 6.01. The van der Waals surface area contributed by atoms with Gasteiger partial charge in [0.1, 0.15) is 5.82 Å². The first kappa shape index (κ1) is 18.1. The summed E-state index contributed by atoms with van der Waals surface area (Å²) < 4.78 is 21.0. The van der Waals surface area contributed by atoms with Gasteiger partial charge in [-0.1, -0.05) is 49.2 Å². The number of hydrogen-bond acceptors (Lipinski definition) is 3. The number of anilines is 1. The van der Waals surface area contributed by atoms with Crippen LogP contribution in [0.4, 0.5) is 10.1 Å². The van der Waals surface area contributed by atoms with E-state index < -0.39 is 6.10 Å². The highest BCUT2D eigenvalue weighted by molar-refractivity contribution is 5.95. The third-order valence-electron chi connectivity index (χ3n) is 5.44. The second kappa shape index (κ2) is 8.19. The number of rotatable bonds is 5. The van der Waals surface area contributed by atoms with Crippen molar-refractivity contribution in [2.24, 2.45) is 0 Å². The standard InChI is InChI=1S/C22H25FN2O2/c23-20-18-12-13-24-14-16(18)10-11-19(20)25-22(26)21(15-6-2-1-3-7-15)27-17-8-4-5-9-17/h1-3,6-7,10-11,17,21,24H,4-5,8-9,12-14H2,(H,25,26). The number of halogens is 1. The maximum absolute atomic E-state index is 14.9. The van der Waals surface area contributed by atoms with E-state index in [4.69, 9.17) is 4.74 Å². The lowest BCUT2D eigenvalue weighted by Crippen LogP contribution is -2.28. The van der Waals surface area contributed by atoms with Crippen LogP contribution in [0.15, 0.2) is 42.5 Å². The van der Waals surface area contributed by atoms with E-state index in [0.29, 0.717) is 18.5 Å². The summed E-state index contributed by atoms with van der Waals surface area (Å²) in [5.74, 6) is -0.643. The fourth-order valence-corrected chi connectivity index (χ4v) is 3.96. The average molecular weight is 368 g/mol. The Morgan fingerprint density at radius 1 is 1.15 bits per heavy atom. The Hall–Kier alpha value is -2.24. The molecular formula is C22H25FN2O2. The average Bonchev–Trinajstić information content (AvgIpc) is 3.22. The lowest BCUT2D eigenvalue weighted by atomic mass is 9.99. The minimum Gasteiger partial charge on any atom is -0.360 e. The van der Waals surface area contributed by atoms with Gasteiger partial charge in [0, 0.05) is 6.54 Å². The Bertz CT molecular complexity index is 803. The molecule has 0 bridgehead atoms. The molecule has 142 valence electrons. The van der Waals surface area contributed by atoms with Gasteiger partial charge in [-0.05, 0) is 48.6 Å². The number of carbonyl (C=O) groups is 1. The first-order valence-corrected chi connectivity index (χ1v) is 9.74. The molecule has 2 aromatic rings. The van der Waals surface area contributed by atoms with Crippen molar-refractivity contribution in [2.75, 3.05) is 11.9 Å². The molecule has 27 heavy (non-hydrogen) atoms. The van der Waals surface area contributed by atoms with E-state index in [-0.39, 0.29) is 23.5 Å². The molecule has 1 atom stereocenters. The van der Waals surface area contributed by atoms with Crippen molar-refractivity contribution in [3.8, 4) is 0 Å². The summed E-state index contributed by atoms with van der Waals surface area (Å²) in [6.45, 7) is 1.41. The van der Waals surface area contributed by atoms with Gasteiger partial charge >= 0.3 is 0 Å². The largest absolute Gasteiger partial charge is 0.360 e. The third-order valence-corrected chi connectivity index (χ3v) is 5.44. The molecule has 1 fully saturated rings. The van der Waals surface area contributed by atoms with Crippen molar-refractivity contribution >= 4 is 11.6 Å². The summed E-state index contributed by atoms with van der Waals surface area (Å²) in [4.78, 5) is 13.0. The molecule has 2 aromatic carbocycles. The Kier molecular flexibility index (Phi) is 5.50. The SMILES string of the molecule is O=C(Nc1ccc2c(c1F)CCNC2)C(OC1CCCC1)c1ccccc1. The van der Waals surface area contributed by atoms with Gasteiger partial charge < -0.3 is 15.4 Å². The maximum atomic E-state index is 14.9. The number of benzene rings is 2. The van der Waals surface area contributed by atoms with Crippen LogP contribution in [0, 0.1) is 5.82 Å². The first-order valence-electron chi connectivity index (χ1n) is 9.74. The van der Waals surface area contributed by atoms with E-state index in [2.05, 4.69) is 10.6 Å². The smallest absolute Gasteiger partial charge is 0.258 e. The van der Waals surface area contributed by atoms with Crippen molar-refractivity contribution < 1.29 is 13.9 Å². The van der Waals surface area contributed by atoms with Gasteiger partial charge in [0.2, 0.25) is 0 Å². The molecule has 1 amide bonds. The van der Waals surface area contributed by atoms with Crippen LogP contribution in [0.3, 0.4) is 0 Å². The predicted octanol–water partition coefficient (Wildman–Crippen LogP) is 4.11. The number of amides is 1. The molecule has 1 aliphatic heterocycles. The fourth-order valence-electron chi connectivity index (χ4n) is 3.96. The number of nitrogens with one attached hydrogen (secondary N) is 2. The monoisotopic (exact) mass is 368 g/mol. The molecule has 0 aromatic heterocycles. The quantitative estimate of drug-likeness (QED) is 0.835. The maximum Gasteiger partial charge on any atom is 0.258 e. The Labute approximate surface area is 159 Å². The van der Waals surface area contributed by atoms with Crippen molar-refractivity contribution in [1.82, 2.24) is 5.32 Å². The van der Waals surface area contributed by atoms with E-state index in [1.807, 2.05) is 36.4 Å². The molecule has 2 N–H and O–H groups in total. The van der Waals surface area contributed by atoms with Crippen molar-refractivity contribution in [3.63, 3.8) is 0 Å². The highest BCUT2D eigenvalue weighted by atomic mass is 19.1. The molecule has 1 aliphatic carbocycles. The van der Waals surface area contributed by atoms with Gasteiger partial charge in [-0.3, -0.25) is 4.79 Å². The summed E-state index contributed by atoms with van der Waals surface area (Å²) in [6.07, 6.45) is 4.17. The number of ether oxygens (including phenoxy) is 1. The minimum absolute atomic E-state index is 0.0837. The van der Waals surface area contributed by atoms with Crippen LogP contribution in [0.5, 0.6) is 0 Å². The Morgan fingerprint density at radius 3 is 2.70 bits per heavy atom. The van der Waals surface area contributed by atoms with Gasteiger partial charge in [-0.2, -0.15) is 0 Å². The zero-order valence-electron chi connectivity index (χ0n) is 15.3. The van der Waals surface area contributed by atoms with Crippen LogP contribution in [-0.4, -0.2) is 18.6 Å². The van der Waals surface area contributed by atoms with Crippen LogP contribution in [0.2, 0.25) is 0 Å². The third kappa shape index (κ3) is 4.04. The van der Waals surface area contributed by atoms with Crippen molar-refractivity contribution in [2.45, 2.75) is 50.9 Å². The topological polar surface area (TPSA) is 50.4 Å². The second-order valence-corrected chi connectivity index (χ2v) is 7.31. The van der Waals surface area contributed by atoms with E-state index >= 15 is 0 Å². The van der Waals surface area contributed by atoms with E-state index in [1.165, 1.54) is 0 Å². The van der Waals surface area contributed by atoms with Crippen LogP contribution in [0.25, 0.3) is 0 Å². The summed E-state index contributed by atoms with van der Waals surface area (Å²) >= 11 is 0. The van der Waals surface area contributed by atoms with Gasteiger partial charge in [0.25, 0.3) is 5.91 Å². The molecular weight excluding hydrogens is 343 g/mol. The lowest BCUT2D eigenvalue weighted by molar-refractivity contribution is -0.131. The van der Waals surface area contributed by atoms with Gasteiger partial charge in [0.15, 0.2) is 6.10 Å². The molecule has 5 heteroatoms.